The molecule has 8 nitrogen and oxygen atoms in total. The predicted molar refractivity (Wildman–Crippen MR) is 69.1 cm³/mol. The number of likely N-dealkylation sites (N-methyl/N-ethyl adjacent to an activating group) is 1. The number of rotatable bonds is 6. The largest absolute Gasteiger partial charge is 0.478 e. The molecule has 0 fully saturated rings. The van der Waals surface area contributed by atoms with Crippen LogP contribution in [0.4, 0.5) is 4.79 Å². The Morgan fingerprint density at radius 2 is 2.10 bits per heavy atom. The number of amides is 3. The molecule has 0 spiro atoms. The number of carbonyl (C=O) groups excluding carboxylic acids is 2. The maximum absolute atomic E-state index is 11.8. The maximum Gasteiger partial charge on any atom is 0.339 e. The predicted octanol–water partition coefficient (Wildman–Crippen LogP) is 0.303. The molecule has 0 saturated heterocycles. The highest BCUT2D eigenvalue weighted by Gasteiger charge is 2.16. The molecule has 1 rings (SSSR count). The highest BCUT2D eigenvalue weighted by atomic mass is 16.4. The number of hydrogen-bond acceptors (Lipinski definition) is 4. The van der Waals surface area contributed by atoms with Crippen LogP contribution in [0.2, 0.25) is 0 Å². The number of nitrogens with zero attached hydrogens (tertiary/aromatic N) is 1. The molecule has 110 valence electrons. The average molecular weight is 283 g/mol. The third kappa shape index (κ3) is 4.01. The van der Waals surface area contributed by atoms with E-state index in [0.717, 1.165) is 0 Å². The molecule has 1 aromatic rings. The van der Waals surface area contributed by atoms with Gasteiger partial charge in [-0.05, 0) is 19.9 Å². The SMILES string of the molecule is CCN(CC(N)=O)C(=O)NCc1cc(C(=O)O)c(C)o1. The number of carboxylic acid groups (broad SMARTS) is 1. The van der Waals surface area contributed by atoms with Crippen molar-refractivity contribution in [2.75, 3.05) is 13.1 Å². The lowest BCUT2D eigenvalue weighted by Gasteiger charge is -2.19. The third-order valence-corrected chi connectivity index (χ3v) is 2.63. The fourth-order valence-corrected chi connectivity index (χ4v) is 1.63. The molecule has 0 aliphatic heterocycles. The Morgan fingerprint density at radius 3 is 2.55 bits per heavy atom. The van der Waals surface area contributed by atoms with E-state index in [0.29, 0.717) is 12.3 Å². The molecule has 0 aliphatic carbocycles. The quantitative estimate of drug-likeness (QED) is 0.692. The summed E-state index contributed by atoms with van der Waals surface area (Å²) in [5.74, 6) is -1.11. The molecule has 4 N–H and O–H groups in total. The van der Waals surface area contributed by atoms with E-state index in [1.807, 2.05) is 0 Å². The Labute approximate surface area is 115 Å². The van der Waals surface area contributed by atoms with Gasteiger partial charge in [0.15, 0.2) is 0 Å². The van der Waals surface area contributed by atoms with Crippen LogP contribution in [0.3, 0.4) is 0 Å². The summed E-state index contributed by atoms with van der Waals surface area (Å²) in [6.45, 7) is 3.41. The molecule has 3 amide bonds. The van der Waals surface area contributed by atoms with E-state index in [9.17, 15) is 14.4 Å². The van der Waals surface area contributed by atoms with E-state index in [1.165, 1.54) is 17.9 Å². The van der Waals surface area contributed by atoms with Crippen LogP contribution in [-0.2, 0) is 11.3 Å². The van der Waals surface area contributed by atoms with E-state index >= 15 is 0 Å². The Balaban J connectivity index is 2.62. The lowest BCUT2D eigenvalue weighted by Crippen LogP contribution is -2.43. The molecule has 0 atom stereocenters. The van der Waals surface area contributed by atoms with Crippen molar-refractivity contribution in [1.29, 1.82) is 0 Å². The lowest BCUT2D eigenvalue weighted by molar-refractivity contribution is -0.118. The lowest BCUT2D eigenvalue weighted by atomic mass is 10.2. The van der Waals surface area contributed by atoms with Crippen molar-refractivity contribution in [3.05, 3.63) is 23.2 Å². The first-order valence-corrected chi connectivity index (χ1v) is 5.98. The van der Waals surface area contributed by atoms with Gasteiger partial charge in [0.1, 0.15) is 23.6 Å². The smallest absolute Gasteiger partial charge is 0.339 e. The van der Waals surface area contributed by atoms with Crippen LogP contribution in [-0.4, -0.2) is 41.0 Å². The molecule has 1 heterocycles. The molecular weight excluding hydrogens is 266 g/mol. The van der Waals surface area contributed by atoms with Crippen LogP contribution in [0.5, 0.6) is 0 Å². The number of carbonyl (C=O) groups is 3. The van der Waals surface area contributed by atoms with Crippen molar-refractivity contribution >= 4 is 17.9 Å². The van der Waals surface area contributed by atoms with Gasteiger partial charge in [-0.1, -0.05) is 0 Å². The molecular formula is C12H17N3O5. The van der Waals surface area contributed by atoms with Gasteiger partial charge in [-0.2, -0.15) is 0 Å². The van der Waals surface area contributed by atoms with Gasteiger partial charge in [0.25, 0.3) is 0 Å². The van der Waals surface area contributed by atoms with E-state index < -0.39 is 17.9 Å². The Kier molecular flexibility index (Phi) is 5.13. The standard InChI is InChI=1S/C12H17N3O5/c1-3-15(6-10(13)16)12(19)14-5-8-4-9(11(17)18)7(2)20-8/h4H,3,5-6H2,1-2H3,(H2,13,16)(H,14,19)(H,17,18). The zero-order valence-corrected chi connectivity index (χ0v) is 11.3. The summed E-state index contributed by atoms with van der Waals surface area (Å²) in [7, 11) is 0. The zero-order valence-electron chi connectivity index (χ0n) is 11.3. The molecule has 0 aromatic carbocycles. The van der Waals surface area contributed by atoms with E-state index in [2.05, 4.69) is 5.32 Å². The van der Waals surface area contributed by atoms with Gasteiger partial charge < -0.3 is 25.5 Å². The van der Waals surface area contributed by atoms with Crippen molar-refractivity contribution in [1.82, 2.24) is 10.2 Å². The maximum atomic E-state index is 11.8. The van der Waals surface area contributed by atoms with Crippen LogP contribution in [0.15, 0.2) is 10.5 Å². The Bertz CT molecular complexity index is 523. The van der Waals surface area contributed by atoms with Gasteiger partial charge >= 0.3 is 12.0 Å². The first-order valence-electron chi connectivity index (χ1n) is 5.98. The molecule has 20 heavy (non-hydrogen) atoms. The molecule has 0 aliphatic rings. The topological polar surface area (TPSA) is 126 Å². The van der Waals surface area contributed by atoms with Crippen molar-refractivity contribution in [3.63, 3.8) is 0 Å². The molecule has 0 radical (unpaired) electrons. The fourth-order valence-electron chi connectivity index (χ4n) is 1.63. The van der Waals surface area contributed by atoms with Gasteiger partial charge in [0.05, 0.1) is 6.54 Å². The summed E-state index contributed by atoms with van der Waals surface area (Å²) in [5, 5.41) is 11.4. The highest BCUT2D eigenvalue weighted by molar-refractivity contribution is 5.88. The van der Waals surface area contributed by atoms with Gasteiger partial charge in [0.2, 0.25) is 5.91 Å². The number of carboxylic acids is 1. The molecule has 0 bridgehead atoms. The number of nitrogens with two attached hydrogens (primary N) is 1. The second kappa shape index (κ2) is 6.60. The average Bonchev–Trinajstić information content (AvgIpc) is 2.74. The van der Waals surface area contributed by atoms with Crippen LogP contribution >= 0.6 is 0 Å². The number of furan rings is 1. The first kappa shape index (κ1) is 15.5. The van der Waals surface area contributed by atoms with Crippen LogP contribution < -0.4 is 11.1 Å². The van der Waals surface area contributed by atoms with Gasteiger partial charge in [-0.25, -0.2) is 9.59 Å². The number of nitrogens with one attached hydrogen (secondary N) is 1. The van der Waals surface area contributed by atoms with Gasteiger partial charge in [-0.15, -0.1) is 0 Å². The minimum Gasteiger partial charge on any atom is -0.478 e. The summed E-state index contributed by atoms with van der Waals surface area (Å²) < 4.78 is 5.22. The third-order valence-electron chi connectivity index (χ3n) is 2.63. The van der Waals surface area contributed by atoms with E-state index in [4.69, 9.17) is 15.3 Å². The zero-order chi connectivity index (χ0) is 15.3. The summed E-state index contributed by atoms with van der Waals surface area (Å²) in [5.41, 5.74) is 5.08. The van der Waals surface area contributed by atoms with E-state index in [-0.39, 0.29) is 24.4 Å². The van der Waals surface area contributed by atoms with Crippen molar-refractivity contribution < 1.29 is 23.9 Å². The molecule has 0 unspecified atom stereocenters. The second-order valence-electron chi connectivity index (χ2n) is 4.13. The van der Waals surface area contributed by atoms with Crippen LogP contribution in [0.25, 0.3) is 0 Å². The molecule has 0 saturated carbocycles. The Morgan fingerprint density at radius 1 is 1.45 bits per heavy atom. The number of hydrogen-bond donors (Lipinski definition) is 3. The molecule has 1 aromatic heterocycles. The number of urea groups is 1. The number of primary amides is 1. The van der Waals surface area contributed by atoms with E-state index in [1.54, 1.807) is 6.92 Å². The fraction of sp³-hybridized carbons (Fsp3) is 0.417. The van der Waals surface area contributed by atoms with Crippen molar-refractivity contribution in [2.45, 2.75) is 20.4 Å². The van der Waals surface area contributed by atoms with Gasteiger partial charge in [-0.3, -0.25) is 4.79 Å². The normalized spacial score (nSPS) is 10.1. The van der Waals surface area contributed by atoms with Crippen LogP contribution in [0, 0.1) is 6.92 Å². The highest BCUT2D eigenvalue weighted by Crippen LogP contribution is 2.14. The molecule has 8 heteroatoms. The Hall–Kier alpha value is -2.51. The monoisotopic (exact) mass is 283 g/mol. The summed E-state index contributed by atoms with van der Waals surface area (Å²) in [6.07, 6.45) is 0. The van der Waals surface area contributed by atoms with Crippen molar-refractivity contribution in [3.8, 4) is 0 Å². The second-order valence-corrected chi connectivity index (χ2v) is 4.13. The van der Waals surface area contributed by atoms with Crippen molar-refractivity contribution in [2.24, 2.45) is 5.73 Å². The minimum atomic E-state index is -1.09. The summed E-state index contributed by atoms with van der Waals surface area (Å²) in [6, 6.07) is 0.875. The van der Waals surface area contributed by atoms with Crippen LogP contribution in [0.1, 0.15) is 28.8 Å². The first-order chi connectivity index (χ1) is 9.35. The summed E-state index contributed by atoms with van der Waals surface area (Å²) >= 11 is 0. The number of aryl methyl sites for hydroxylation is 1. The van der Waals surface area contributed by atoms with Gasteiger partial charge in [0, 0.05) is 6.54 Å². The summed E-state index contributed by atoms with van der Waals surface area (Å²) in [4.78, 5) is 34.6. The minimum absolute atomic E-state index is 0.0300. The number of aromatic carboxylic acids is 1.